The van der Waals surface area contributed by atoms with Gasteiger partial charge < -0.3 is 10.1 Å². The zero-order valence-electron chi connectivity index (χ0n) is 12.1. The molecule has 2 atom stereocenters. The predicted molar refractivity (Wildman–Crippen MR) is 78.5 cm³/mol. The maximum Gasteiger partial charge on any atom is 0.0724 e. The molecule has 3 rings (SSSR count). The first-order valence-electron chi connectivity index (χ1n) is 7.61. The number of ether oxygens (including phenoxy) is 1. The summed E-state index contributed by atoms with van der Waals surface area (Å²) in [4.78, 5) is 0. The molecule has 0 saturated heterocycles. The van der Waals surface area contributed by atoms with Crippen molar-refractivity contribution < 1.29 is 4.74 Å². The van der Waals surface area contributed by atoms with E-state index in [9.17, 15) is 0 Å². The summed E-state index contributed by atoms with van der Waals surface area (Å²) in [6.07, 6.45) is 6.83. The monoisotopic (exact) mass is 259 g/mol. The smallest absolute Gasteiger partial charge is 0.0724 e. The molecule has 104 valence electrons. The molecular formula is C17H25NO. The average Bonchev–Trinajstić information content (AvgIpc) is 2.80. The second-order valence-corrected chi connectivity index (χ2v) is 6.26. The van der Waals surface area contributed by atoms with Crippen molar-refractivity contribution in [2.75, 3.05) is 7.11 Å². The summed E-state index contributed by atoms with van der Waals surface area (Å²) in [5.74, 6) is 0.764. The summed E-state index contributed by atoms with van der Waals surface area (Å²) in [5.41, 5.74) is 2.90. The van der Waals surface area contributed by atoms with E-state index in [0.717, 1.165) is 5.92 Å². The van der Waals surface area contributed by atoms with Gasteiger partial charge in [-0.15, -0.1) is 0 Å². The van der Waals surface area contributed by atoms with Gasteiger partial charge in [0, 0.05) is 19.2 Å². The molecule has 2 heteroatoms. The van der Waals surface area contributed by atoms with E-state index in [1.54, 1.807) is 0 Å². The molecule has 0 bridgehead atoms. The molecule has 19 heavy (non-hydrogen) atoms. The normalized spacial score (nSPS) is 34.2. The molecule has 0 spiro atoms. The number of benzene rings is 1. The minimum absolute atomic E-state index is 0.443. The molecule has 0 aliphatic heterocycles. The van der Waals surface area contributed by atoms with Crippen LogP contribution in [0.25, 0.3) is 0 Å². The Balaban J connectivity index is 1.50. The van der Waals surface area contributed by atoms with Crippen molar-refractivity contribution in [1.29, 1.82) is 0 Å². The van der Waals surface area contributed by atoms with Gasteiger partial charge in [0.15, 0.2) is 0 Å². The summed E-state index contributed by atoms with van der Waals surface area (Å²) in [7, 11) is 1.85. The molecule has 0 amide bonds. The fourth-order valence-corrected chi connectivity index (χ4v) is 3.65. The van der Waals surface area contributed by atoms with E-state index in [-0.39, 0.29) is 0 Å². The summed E-state index contributed by atoms with van der Waals surface area (Å²) >= 11 is 0. The lowest BCUT2D eigenvalue weighted by atomic mass is 9.75. The number of hydrogen-bond donors (Lipinski definition) is 1. The van der Waals surface area contributed by atoms with E-state index in [4.69, 9.17) is 4.74 Å². The maximum absolute atomic E-state index is 5.56. The molecule has 2 aliphatic rings. The molecule has 2 nitrogen and oxygen atoms in total. The van der Waals surface area contributed by atoms with Gasteiger partial charge in [0.2, 0.25) is 0 Å². The Morgan fingerprint density at radius 1 is 1.21 bits per heavy atom. The minimum atomic E-state index is 0.443. The van der Waals surface area contributed by atoms with Gasteiger partial charge in [-0.25, -0.2) is 0 Å². The van der Waals surface area contributed by atoms with Crippen molar-refractivity contribution in [1.82, 2.24) is 5.32 Å². The molecule has 1 N–H and O–H groups in total. The molecule has 1 aromatic carbocycles. The van der Waals surface area contributed by atoms with Crippen LogP contribution in [-0.2, 0) is 4.74 Å². The molecule has 2 fully saturated rings. The van der Waals surface area contributed by atoms with Crippen molar-refractivity contribution in [2.45, 2.75) is 63.1 Å². The Morgan fingerprint density at radius 2 is 2.05 bits per heavy atom. The van der Waals surface area contributed by atoms with Crippen LogP contribution in [0.4, 0.5) is 0 Å². The summed E-state index contributed by atoms with van der Waals surface area (Å²) in [5, 5.41) is 3.81. The topological polar surface area (TPSA) is 21.3 Å². The highest BCUT2D eigenvalue weighted by Gasteiger charge is 2.35. The van der Waals surface area contributed by atoms with Crippen LogP contribution < -0.4 is 5.32 Å². The van der Waals surface area contributed by atoms with Crippen LogP contribution in [0, 0.1) is 6.92 Å². The number of nitrogens with one attached hydrogen (secondary N) is 1. The van der Waals surface area contributed by atoms with Crippen LogP contribution in [0.3, 0.4) is 0 Å². The standard InChI is InChI=1S/C17H25NO/c1-12-5-3-6-13(9-12)14-10-15(11-14)18-16-7-4-8-17(16)19-2/h3,5-6,9,14-18H,4,7-8,10-11H2,1-2H3. The van der Waals surface area contributed by atoms with Crippen LogP contribution in [0.1, 0.15) is 49.1 Å². The first kappa shape index (κ1) is 13.1. The minimum Gasteiger partial charge on any atom is -0.380 e. The van der Waals surface area contributed by atoms with Gasteiger partial charge in [-0.3, -0.25) is 0 Å². The summed E-state index contributed by atoms with van der Waals surface area (Å²) < 4.78 is 5.56. The number of rotatable bonds is 4. The Kier molecular flexibility index (Phi) is 3.90. The van der Waals surface area contributed by atoms with Gasteiger partial charge >= 0.3 is 0 Å². The quantitative estimate of drug-likeness (QED) is 0.895. The third kappa shape index (κ3) is 2.85. The third-order valence-corrected chi connectivity index (χ3v) is 4.86. The van der Waals surface area contributed by atoms with Crippen LogP contribution in [0.2, 0.25) is 0 Å². The lowest BCUT2D eigenvalue weighted by Gasteiger charge is -2.39. The molecule has 2 unspecified atom stereocenters. The molecule has 0 aromatic heterocycles. The first-order chi connectivity index (χ1) is 9.26. The lowest BCUT2D eigenvalue weighted by Crippen LogP contribution is -2.48. The number of aryl methyl sites for hydroxylation is 1. The van der Waals surface area contributed by atoms with E-state index < -0.39 is 0 Å². The zero-order valence-corrected chi connectivity index (χ0v) is 12.1. The van der Waals surface area contributed by atoms with Gasteiger partial charge in [0.1, 0.15) is 0 Å². The highest BCUT2D eigenvalue weighted by Crippen LogP contribution is 2.38. The van der Waals surface area contributed by atoms with Crippen LogP contribution in [0.15, 0.2) is 24.3 Å². The Bertz CT molecular complexity index is 425. The zero-order chi connectivity index (χ0) is 13.2. The average molecular weight is 259 g/mol. The van der Waals surface area contributed by atoms with Crippen molar-refractivity contribution in [3.63, 3.8) is 0 Å². The van der Waals surface area contributed by atoms with Gasteiger partial charge in [0.05, 0.1) is 6.10 Å². The Hall–Kier alpha value is -0.860. The van der Waals surface area contributed by atoms with Crippen molar-refractivity contribution in [2.24, 2.45) is 0 Å². The van der Waals surface area contributed by atoms with Crippen LogP contribution in [0.5, 0.6) is 0 Å². The van der Waals surface area contributed by atoms with E-state index in [1.165, 1.54) is 43.2 Å². The van der Waals surface area contributed by atoms with Crippen molar-refractivity contribution in [3.05, 3.63) is 35.4 Å². The highest BCUT2D eigenvalue weighted by molar-refractivity contribution is 5.27. The Morgan fingerprint density at radius 3 is 2.79 bits per heavy atom. The van der Waals surface area contributed by atoms with Gasteiger partial charge in [-0.1, -0.05) is 29.8 Å². The van der Waals surface area contributed by atoms with E-state index in [1.807, 2.05) is 7.11 Å². The lowest BCUT2D eigenvalue weighted by molar-refractivity contribution is 0.0747. The SMILES string of the molecule is COC1CCCC1NC1CC(c2cccc(C)c2)C1. The van der Waals surface area contributed by atoms with Crippen LogP contribution >= 0.6 is 0 Å². The van der Waals surface area contributed by atoms with E-state index in [2.05, 4.69) is 36.5 Å². The van der Waals surface area contributed by atoms with Gasteiger partial charge in [-0.2, -0.15) is 0 Å². The number of methoxy groups -OCH3 is 1. The molecule has 1 aromatic rings. The predicted octanol–water partition coefficient (Wildman–Crippen LogP) is 3.40. The van der Waals surface area contributed by atoms with E-state index >= 15 is 0 Å². The highest BCUT2D eigenvalue weighted by atomic mass is 16.5. The van der Waals surface area contributed by atoms with Gasteiger partial charge in [0.25, 0.3) is 0 Å². The fourth-order valence-electron chi connectivity index (χ4n) is 3.65. The molecule has 2 aliphatic carbocycles. The molecule has 0 heterocycles. The first-order valence-corrected chi connectivity index (χ1v) is 7.61. The molecule has 2 saturated carbocycles. The largest absolute Gasteiger partial charge is 0.380 e. The van der Waals surface area contributed by atoms with E-state index in [0.29, 0.717) is 18.2 Å². The molecular weight excluding hydrogens is 234 g/mol. The maximum atomic E-state index is 5.56. The second-order valence-electron chi connectivity index (χ2n) is 6.26. The Labute approximate surface area is 116 Å². The van der Waals surface area contributed by atoms with Crippen molar-refractivity contribution in [3.8, 4) is 0 Å². The van der Waals surface area contributed by atoms with Crippen molar-refractivity contribution >= 4 is 0 Å². The second kappa shape index (κ2) is 5.64. The molecule has 0 radical (unpaired) electrons. The fraction of sp³-hybridized carbons (Fsp3) is 0.647. The third-order valence-electron chi connectivity index (χ3n) is 4.86. The van der Waals surface area contributed by atoms with Crippen LogP contribution in [-0.4, -0.2) is 25.3 Å². The summed E-state index contributed by atoms with van der Waals surface area (Å²) in [6, 6.07) is 10.3. The summed E-state index contributed by atoms with van der Waals surface area (Å²) in [6.45, 7) is 2.18. The van der Waals surface area contributed by atoms with Gasteiger partial charge in [-0.05, 0) is 50.5 Å². The number of hydrogen-bond acceptors (Lipinski definition) is 2.